The first kappa shape index (κ1) is 19.2. The van der Waals surface area contributed by atoms with Crippen LogP contribution < -0.4 is 14.2 Å². The molecule has 1 amide bonds. The molecule has 0 N–H and O–H groups in total. The molecule has 28 heavy (non-hydrogen) atoms. The Morgan fingerprint density at radius 1 is 1.07 bits per heavy atom. The molecule has 5 nitrogen and oxygen atoms in total. The summed E-state index contributed by atoms with van der Waals surface area (Å²) < 4.78 is 17.1. The largest absolute Gasteiger partial charge is 0.490 e. The summed E-state index contributed by atoms with van der Waals surface area (Å²) in [6, 6.07) is 10.9. The minimum atomic E-state index is -0.0822. The van der Waals surface area contributed by atoms with Crippen LogP contribution in [0.2, 0.25) is 10.0 Å². The molecule has 0 aliphatic carbocycles. The second-order valence-electron chi connectivity index (χ2n) is 6.87. The van der Waals surface area contributed by atoms with E-state index in [0.29, 0.717) is 35.6 Å². The molecule has 1 unspecified atom stereocenters. The Labute approximate surface area is 174 Å². The lowest BCUT2D eigenvalue weighted by atomic mass is 10.0. The average molecular weight is 422 g/mol. The van der Waals surface area contributed by atoms with Crippen molar-refractivity contribution in [1.82, 2.24) is 4.90 Å². The molecule has 1 saturated heterocycles. The number of carbonyl (C=O) groups is 1. The normalized spacial score (nSPS) is 18.6. The fourth-order valence-electron chi connectivity index (χ4n) is 3.61. The number of carbonyl (C=O) groups excluding carboxylic acids is 1. The number of likely N-dealkylation sites (tertiary alicyclic amines) is 1. The molecular formula is C21H21Cl2NO4. The summed E-state index contributed by atoms with van der Waals surface area (Å²) in [7, 11) is 0. The Bertz CT molecular complexity index is 873. The summed E-state index contributed by atoms with van der Waals surface area (Å²) in [5.41, 5.74) is 1.05. The highest BCUT2D eigenvalue weighted by Gasteiger charge is 2.31. The van der Waals surface area contributed by atoms with Crippen LogP contribution in [0.5, 0.6) is 17.2 Å². The van der Waals surface area contributed by atoms with Gasteiger partial charge in [0.15, 0.2) is 18.1 Å². The third-order valence-electron chi connectivity index (χ3n) is 4.97. The van der Waals surface area contributed by atoms with E-state index in [0.717, 1.165) is 36.3 Å². The highest BCUT2D eigenvalue weighted by molar-refractivity contribution is 6.34. The Morgan fingerprint density at radius 2 is 1.89 bits per heavy atom. The molecule has 0 spiro atoms. The van der Waals surface area contributed by atoms with Gasteiger partial charge in [0.1, 0.15) is 5.75 Å². The van der Waals surface area contributed by atoms with E-state index in [9.17, 15) is 4.79 Å². The zero-order valence-corrected chi connectivity index (χ0v) is 16.8. The minimum Gasteiger partial charge on any atom is -0.490 e. The molecule has 1 atom stereocenters. The van der Waals surface area contributed by atoms with E-state index in [-0.39, 0.29) is 18.6 Å². The molecule has 7 heteroatoms. The molecule has 0 aromatic heterocycles. The number of hydrogen-bond acceptors (Lipinski definition) is 4. The minimum absolute atomic E-state index is 0.00286. The maximum atomic E-state index is 12.8. The highest BCUT2D eigenvalue weighted by Crippen LogP contribution is 2.38. The first-order valence-electron chi connectivity index (χ1n) is 9.39. The molecule has 4 rings (SSSR count). The van der Waals surface area contributed by atoms with Crippen molar-refractivity contribution in [1.29, 1.82) is 0 Å². The quantitative estimate of drug-likeness (QED) is 0.704. The third kappa shape index (κ3) is 4.15. The van der Waals surface area contributed by atoms with Crippen LogP contribution in [0.1, 0.15) is 30.9 Å². The van der Waals surface area contributed by atoms with E-state index in [1.165, 1.54) is 0 Å². The average Bonchev–Trinajstić information content (AvgIpc) is 3.07. The molecule has 0 bridgehead atoms. The third-order valence-corrected chi connectivity index (χ3v) is 5.52. The number of ether oxygens (including phenoxy) is 3. The van der Waals surface area contributed by atoms with Gasteiger partial charge in [0.2, 0.25) is 0 Å². The van der Waals surface area contributed by atoms with Crippen molar-refractivity contribution < 1.29 is 19.0 Å². The molecule has 2 aliphatic heterocycles. The van der Waals surface area contributed by atoms with Gasteiger partial charge in [-0.2, -0.15) is 0 Å². The standard InChI is InChI=1S/C21H21Cl2NO4/c22-15-5-6-16(23)19(12-15)28-13-21(25)24-8-1-3-17(24)14-4-7-18-20(11-14)27-10-2-9-26-18/h4-7,11-12,17H,1-3,8-10,13H2. The number of nitrogens with zero attached hydrogens (tertiary/aromatic N) is 1. The fourth-order valence-corrected chi connectivity index (χ4v) is 3.94. The zero-order valence-electron chi connectivity index (χ0n) is 15.3. The number of hydrogen-bond donors (Lipinski definition) is 0. The molecule has 2 aliphatic rings. The molecule has 148 valence electrons. The van der Waals surface area contributed by atoms with Gasteiger partial charge in [0.25, 0.3) is 5.91 Å². The molecule has 0 radical (unpaired) electrons. The lowest BCUT2D eigenvalue weighted by Crippen LogP contribution is -2.34. The van der Waals surface area contributed by atoms with Crippen molar-refractivity contribution in [2.24, 2.45) is 0 Å². The summed E-state index contributed by atoms with van der Waals surface area (Å²) in [4.78, 5) is 14.7. The summed E-state index contributed by atoms with van der Waals surface area (Å²) in [6.45, 7) is 1.91. The first-order chi connectivity index (χ1) is 13.6. The number of rotatable bonds is 4. The van der Waals surface area contributed by atoms with Gasteiger partial charge in [-0.05, 0) is 42.7 Å². The van der Waals surface area contributed by atoms with Gasteiger partial charge in [0.05, 0.1) is 24.3 Å². The van der Waals surface area contributed by atoms with E-state index in [4.69, 9.17) is 37.4 Å². The topological polar surface area (TPSA) is 48.0 Å². The van der Waals surface area contributed by atoms with Crippen molar-refractivity contribution in [3.63, 3.8) is 0 Å². The lowest BCUT2D eigenvalue weighted by Gasteiger charge is -2.26. The van der Waals surface area contributed by atoms with E-state index in [1.54, 1.807) is 18.2 Å². The summed E-state index contributed by atoms with van der Waals surface area (Å²) in [5.74, 6) is 1.84. The van der Waals surface area contributed by atoms with Crippen molar-refractivity contribution in [3.8, 4) is 17.2 Å². The molecule has 1 fully saturated rings. The number of amides is 1. The van der Waals surface area contributed by atoms with Crippen LogP contribution in [0, 0.1) is 0 Å². The van der Waals surface area contributed by atoms with E-state index < -0.39 is 0 Å². The number of benzene rings is 2. The maximum Gasteiger partial charge on any atom is 0.261 e. The molecule has 2 aromatic carbocycles. The predicted octanol–water partition coefficient (Wildman–Crippen LogP) is 4.90. The summed E-state index contributed by atoms with van der Waals surface area (Å²) >= 11 is 12.1. The van der Waals surface area contributed by atoms with Gasteiger partial charge in [-0.15, -0.1) is 0 Å². The van der Waals surface area contributed by atoms with Gasteiger partial charge in [0, 0.05) is 24.1 Å². The monoisotopic (exact) mass is 421 g/mol. The van der Waals surface area contributed by atoms with Gasteiger partial charge in [-0.3, -0.25) is 4.79 Å². The SMILES string of the molecule is O=C(COc1cc(Cl)ccc1Cl)N1CCCC1c1ccc2c(c1)OCCCO2. The second kappa shape index (κ2) is 8.50. The Hall–Kier alpha value is -2.11. The Kier molecular flexibility index (Phi) is 5.83. The predicted molar refractivity (Wildman–Crippen MR) is 108 cm³/mol. The summed E-state index contributed by atoms with van der Waals surface area (Å²) in [5, 5.41) is 0.941. The van der Waals surface area contributed by atoms with E-state index in [2.05, 4.69) is 0 Å². The number of fused-ring (bicyclic) bond motifs is 1. The Balaban J connectivity index is 1.46. The zero-order chi connectivity index (χ0) is 19.5. The van der Waals surface area contributed by atoms with Gasteiger partial charge in [-0.1, -0.05) is 29.3 Å². The maximum absolute atomic E-state index is 12.8. The summed E-state index contributed by atoms with van der Waals surface area (Å²) in [6.07, 6.45) is 2.72. The highest BCUT2D eigenvalue weighted by atomic mass is 35.5. The van der Waals surface area contributed by atoms with Gasteiger partial charge in [-0.25, -0.2) is 0 Å². The van der Waals surface area contributed by atoms with Crippen molar-refractivity contribution >= 4 is 29.1 Å². The molecule has 2 heterocycles. The van der Waals surface area contributed by atoms with Crippen molar-refractivity contribution in [3.05, 3.63) is 52.0 Å². The smallest absolute Gasteiger partial charge is 0.261 e. The van der Waals surface area contributed by atoms with E-state index >= 15 is 0 Å². The lowest BCUT2D eigenvalue weighted by molar-refractivity contribution is -0.134. The van der Waals surface area contributed by atoms with Crippen LogP contribution >= 0.6 is 23.2 Å². The first-order valence-corrected chi connectivity index (χ1v) is 10.1. The van der Waals surface area contributed by atoms with Crippen molar-refractivity contribution in [2.75, 3.05) is 26.4 Å². The van der Waals surface area contributed by atoms with Crippen LogP contribution in [0.15, 0.2) is 36.4 Å². The van der Waals surface area contributed by atoms with Crippen LogP contribution in [-0.4, -0.2) is 37.2 Å². The molecule has 2 aromatic rings. The molecular weight excluding hydrogens is 401 g/mol. The molecule has 0 saturated carbocycles. The number of halogens is 2. The van der Waals surface area contributed by atoms with E-state index in [1.807, 2.05) is 23.1 Å². The Morgan fingerprint density at radius 3 is 2.75 bits per heavy atom. The van der Waals surface area contributed by atoms with Crippen LogP contribution in [0.25, 0.3) is 0 Å². The van der Waals surface area contributed by atoms with Gasteiger partial charge < -0.3 is 19.1 Å². The fraction of sp³-hybridized carbons (Fsp3) is 0.381. The second-order valence-corrected chi connectivity index (χ2v) is 7.71. The van der Waals surface area contributed by atoms with Crippen LogP contribution in [0.3, 0.4) is 0 Å². The van der Waals surface area contributed by atoms with Gasteiger partial charge >= 0.3 is 0 Å². The van der Waals surface area contributed by atoms with Crippen molar-refractivity contribution in [2.45, 2.75) is 25.3 Å². The van der Waals surface area contributed by atoms with Crippen LogP contribution in [0.4, 0.5) is 0 Å². The van der Waals surface area contributed by atoms with Crippen LogP contribution in [-0.2, 0) is 4.79 Å².